The number of hydrogen-bond acceptors (Lipinski definition) is 3. The molecule has 0 aromatic carbocycles. The summed E-state index contributed by atoms with van der Waals surface area (Å²) in [6.45, 7) is 6.57. The van der Waals surface area contributed by atoms with Crippen LogP contribution in [-0.4, -0.2) is 48.1 Å². The van der Waals surface area contributed by atoms with Gasteiger partial charge in [0.25, 0.3) is 0 Å². The summed E-state index contributed by atoms with van der Waals surface area (Å²) in [5.74, 6) is 0.461. The van der Waals surface area contributed by atoms with Crippen molar-refractivity contribution in [1.82, 2.24) is 10.2 Å². The summed E-state index contributed by atoms with van der Waals surface area (Å²) in [5, 5.41) is 3.03. The van der Waals surface area contributed by atoms with Crippen LogP contribution in [0.3, 0.4) is 0 Å². The van der Waals surface area contributed by atoms with Gasteiger partial charge in [-0.15, -0.1) is 0 Å². The number of amides is 2. The van der Waals surface area contributed by atoms with Gasteiger partial charge in [-0.2, -0.15) is 0 Å². The third kappa shape index (κ3) is 2.93. The summed E-state index contributed by atoms with van der Waals surface area (Å²) in [6, 6.07) is -0.248. The van der Waals surface area contributed by atoms with Crippen molar-refractivity contribution in [2.75, 3.05) is 13.7 Å². The molecule has 1 N–H and O–H groups in total. The minimum atomic E-state index is -0.718. The van der Waals surface area contributed by atoms with E-state index in [1.807, 2.05) is 25.7 Å². The highest BCUT2D eigenvalue weighted by Crippen LogP contribution is 2.40. The molecule has 0 radical (unpaired) electrons. The van der Waals surface area contributed by atoms with Gasteiger partial charge in [0.1, 0.15) is 11.6 Å². The van der Waals surface area contributed by atoms with Crippen molar-refractivity contribution in [2.45, 2.75) is 70.5 Å². The second-order valence-corrected chi connectivity index (χ2v) is 6.40. The standard InChI is InChI=1S/C16H28N2O3/c1-5-16(6-2)15(20)18(11(3)9-10-21-4)13(12-7-8-12)14(19)17-16/h11-13H,5-10H2,1-4H3,(H,17,19). The summed E-state index contributed by atoms with van der Waals surface area (Å²) in [6.07, 6.45) is 4.13. The molecule has 1 aliphatic heterocycles. The Kier molecular flexibility index (Phi) is 4.91. The number of nitrogens with one attached hydrogen (secondary N) is 1. The maximum Gasteiger partial charge on any atom is 0.249 e. The molecule has 0 aromatic rings. The van der Waals surface area contributed by atoms with Gasteiger partial charge in [0, 0.05) is 19.8 Å². The van der Waals surface area contributed by atoms with E-state index in [4.69, 9.17) is 4.74 Å². The van der Waals surface area contributed by atoms with Gasteiger partial charge in [-0.3, -0.25) is 9.59 Å². The summed E-state index contributed by atoms with van der Waals surface area (Å²) >= 11 is 0. The molecule has 1 saturated heterocycles. The van der Waals surface area contributed by atoms with Crippen molar-refractivity contribution in [3.05, 3.63) is 0 Å². The van der Waals surface area contributed by atoms with Crippen molar-refractivity contribution in [3.63, 3.8) is 0 Å². The van der Waals surface area contributed by atoms with Crippen LogP contribution in [0.5, 0.6) is 0 Å². The topological polar surface area (TPSA) is 58.6 Å². The Labute approximate surface area is 127 Å². The van der Waals surface area contributed by atoms with Crippen LogP contribution in [0.25, 0.3) is 0 Å². The number of carbonyl (C=O) groups excluding carboxylic acids is 2. The molecule has 120 valence electrons. The fourth-order valence-corrected chi connectivity index (χ4v) is 3.35. The third-order valence-electron chi connectivity index (χ3n) is 5.06. The molecule has 2 atom stereocenters. The first-order valence-electron chi connectivity index (χ1n) is 8.14. The van der Waals surface area contributed by atoms with E-state index in [1.54, 1.807) is 7.11 Å². The molecule has 2 rings (SSSR count). The Morgan fingerprint density at radius 2 is 1.95 bits per heavy atom. The Morgan fingerprint density at radius 1 is 1.33 bits per heavy atom. The lowest BCUT2D eigenvalue weighted by molar-refractivity contribution is -0.159. The molecule has 5 heteroatoms. The SMILES string of the molecule is CCC1(CC)NC(=O)C(C2CC2)N(C(C)CCOC)C1=O. The minimum absolute atomic E-state index is 0.0325. The minimum Gasteiger partial charge on any atom is -0.385 e. The number of piperazine rings is 1. The first-order valence-corrected chi connectivity index (χ1v) is 8.14. The molecule has 2 amide bonds. The zero-order valence-electron chi connectivity index (χ0n) is 13.6. The number of rotatable bonds is 7. The first-order chi connectivity index (χ1) is 10.0. The maximum absolute atomic E-state index is 13.1. The average molecular weight is 296 g/mol. The van der Waals surface area contributed by atoms with Crippen molar-refractivity contribution >= 4 is 11.8 Å². The van der Waals surface area contributed by atoms with Crippen LogP contribution in [0.15, 0.2) is 0 Å². The molecule has 0 aromatic heterocycles. The largest absolute Gasteiger partial charge is 0.385 e. The van der Waals surface area contributed by atoms with E-state index in [2.05, 4.69) is 5.32 Å². The number of carbonyl (C=O) groups is 2. The van der Waals surface area contributed by atoms with Crippen LogP contribution < -0.4 is 5.32 Å². The van der Waals surface area contributed by atoms with Gasteiger partial charge in [-0.05, 0) is 44.9 Å². The fraction of sp³-hybridized carbons (Fsp3) is 0.875. The molecule has 2 fully saturated rings. The van der Waals surface area contributed by atoms with Crippen LogP contribution in [0.1, 0.15) is 52.9 Å². The zero-order valence-corrected chi connectivity index (χ0v) is 13.6. The molecule has 2 aliphatic rings. The molecule has 1 saturated carbocycles. The van der Waals surface area contributed by atoms with Crippen molar-refractivity contribution < 1.29 is 14.3 Å². The highest BCUT2D eigenvalue weighted by atomic mass is 16.5. The lowest BCUT2D eigenvalue weighted by Crippen LogP contribution is -2.72. The second-order valence-electron chi connectivity index (χ2n) is 6.40. The molecular weight excluding hydrogens is 268 g/mol. The van der Waals surface area contributed by atoms with Crippen LogP contribution in [0.2, 0.25) is 0 Å². The van der Waals surface area contributed by atoms with E-state index in [0.29, 0.717) is 25.4 Å². The average Bonchev–Trinajstić information content (AvgIpc) is 3.30. The Balaban J connectivity index is 2.28. The summed E-state index contributed by atoms with van der Waals surface area (Å²) in [7, 11) is 1.66. The number of hydrogen-bond donors (Lipinski definition) is 1. The molecule has 0 bridgehead atoms. The normalized spacial score (nSPS) is 26.7. The molecule has 2 unspecified atom stereocenters. The van der Waals surface area contributed by atoms with Crippen LogP contribution in [0, 0.1) is 5.92 Å². The van der Waals surface area contributed by atoms with Crippen molar-refractivity contribution in [1.29, 1.82) is 0 Å². The molecule has 5 nitrogen and oxygen atoms in total. The molecule has 21 heavy (non-hydrogen) atoms. The summed E-state index contributed by atoms with van der Waals surface area (Å²) < 4.78 is 5.14. The van der Waals surface area contributed by atoms with E-state index in [0.717, 1.165) is 19.3 Å². The van der Waals surface area contributed by atoms with Crippen molar-refractivity contribution in [3.8, 4) is 0 Å². The van der Waals surface area contributed by atoms with E-state index < -0.39 is 5.54 Å². The fourth-order valence-electron chi connectivity index (χ4n) is 3.35. The molecular formula is C16H28N2O3. The maximum atomic E-state index is 13.1. The Bertz CT molecular complexity index is 402. The smallest absolute Gasteiger partial charge is 0.249 e. The highest BCUT2D eigenvalue weighted by Gasteiger charge is 2.54. The van der Waals surface area contributed by atoms with Gasteiger partial charge < -0.3 is 15.0 Å². The third-order valence-corrected chi connectivity index (χ3v) is 5.06. The van der Waals surface area contributed by atoms with Crippen LogP contribution >= 0.6 is 0 Å². The van der Waals surface area contributed by atoms with Crippen molar-refractivity contribution in [2.24, 2.45) is 5.92 Å². The lowest BCUT2D eigenvalue weighted by Gasteiger charge is -2.48. The second kappa shape index (κ2) is 6.34. The number of ether oxygens (including phenoxy) is 1. The number of methoxy groups -OCH3 is 1. The molecule has 1 heterocycles. The van der Waals surface area contributed by atoms with E-state index in [-0.39, 0.29) is 23.9 Å². The van der Waals surface area contributed by atoms with Crippen LogP contribution in [-0.2, 0) is 14.3 Å². The molecule has 1 aliphatic carbocycles. The van der Waals surface area contributed by atoms with E-state index in [1.165, 1.54) is 0 Å². The summed E-state index contributed by atoms with van der Waals surface area (Å²) in [5.41, 5.74) is -0.718. The van der Waals surface area contributed by atoms with Gasteiger partial charge in [-0.1, -0.05) is 13.8 Å². The Hall–Kier alpha value is -1.10. The zero-order chi connectivity index (χ0) is 15.6. The van der Waals surface area contributed by atoms with Gasteiger partial charge >= 0.3 is 0 Å². The molecule has 0 spiro atoms. The summed E-state index contributed by atoms with van der Waals surface area (Å²) in [4.78, 5) is 27.5. The van der Waals surface area contributed by atoms with Gasteiger partial charge in [0.2, 0.25) is 11.8 Å². The number of nitrogens with zero attached hydrogens (tertiary/aromatic N) is 1. The van der Waals surface area contributed by atoms with Gasteiger partial charge in [-0.25, -0.2) is 0 Å². The highest BCUT2D eigenvalue weighted by molar-refractivity contribution is 6.00. The first kappa shape index (κ1) is 16.3. The van der Waals surface area contributed by atoms with E-state index in [9.17, 15) is 9.59 Å². The van der Waals surface area contributed by atoms with Gasteiger partial charge in [0.15, 0.2) is 0 Å². The van der Waals surface area contributed by atoms with Gasteiger partial charge in [0.05, 0.1) is 0 Å². The lowest BCUT2D eigenvalue weighted by atomic mass is 9.85. The quantitative estimate of drug-likeness (QED) is 0.778. The predicted octanol–water partition coefficient (Wildman–Crippen LogP) is 1.71. The predicted molar refractivity (Wildman–Crippen MR) is 80.8 cm³/mol. The van der Waals surface area contributed by atoms with E-state index >= 15 is 0 Å². The monoisotopic (exact) mass is 296 g/mol. The Morgan fingerprint density at radius 3 is 2.43 bits per heavy atom. The van der Waals surface area contributed by atoms with Crippen LogP contribution in [0.4, 0.5) is 0 Å².